The van der Waals surface area contributed by atoms with Gasteiger partial charge in [0, 0.05) is 23.5 Å². The maximum Gasteiger partial charge on any atom is 0.282 e. The molecule has 0 fully saturated rings. The number of rotatable bonds is 1. The molecule has 6 nitrogen and oxygen atoms in total. The molecule has 2 aliphatic rings. The summed E-state index contributed by atoms with van der Waals surface area (Å²) in [5.41, 5.74) is 9.61. The molecule has 3 heterocycles. The number of aryl methyl sites for hydroxylation is 1. The number of para-hydroxylation sites is 1. The highest BCUT2D eigenvalue weighted by molar-refractivity contribution is 6.03. The van der Waals surface area contributed by atoms with Crippen molar-refractivity contribution in [1.29, 1.82) is 0 Å². The summed E-state index contributed by atoms with van der Waals surface area (Å²) in [6, 6.07) is 13.8. The summed E-state index contributed by atoms with van der Waals surface area (Å²) in [6.45, 7) is 0.243. The largest absolute Gasteiger partial charge is 0.454 e. The molecular weight excluding hydrogens is 306 g/mol. The molecule has 1 amide bonds. The zero-order chi connectivity index (χ0) is 16.3. The van der Waals surface area contributed by atoms with Crippen molar-refractivity contribution in [2.24, 2.45) is 7.05 Å². The Morgan fingerprint density at radius 3 is 2.88 bits per heavy atom. The zero-order valence-corrected chi connectivity index (χ0v) is 13.0. The van der Waals surface area contributed by atoms with E-state index in [0.29, 0.717) is 5.69 Å². The Hall–Kier alpha value is -2.99. The second kappa shape index (κ2) is 4.75. The average molecular weight is 321 g/mol. The first-order valence-electron chi connectivity index (χ1n) is 7.77. The molecule has 2 N–H and O–H groups in total. The predicted octanol–water partition coefficient (Wildman–Crippen LogP) is 2.24. The van der Waals surface area contributed by atoms with Crippen molar-refractivity contribution in [1.82, 2.24) is 15.4 Å². The fraction of sp³-hybridized carbons (Fsp3) is 0.167. The van der Waals surface area contributed by atoms with Crippen molar-refractivity contribution in [2.75, 3.05) is 6.79 Å². The van der Waals surface area contributed by atoms with Crippen LogP contribution in [0.3, 0.4) is 0 Å². The van der Waals surface area contributed by atoms with E-state index in [9.17, 15) is 4.79 Å². The fourth-order valence-corrected chi connectivity index (χ4v) is 3.60. The Morgan fingerprint density at radius 2 is 1.96 bits per heavy atom. The third-order valence-electron chi connectivity index (χ3n) is 4.71. The summed E-state index contributed by atoms with van der Waals surface area (Å²) in [4.78, 5) is 12.4. The first-order chi connectivity index (χ1) is 11.7. The van der Waals surface area contributed by atoms with Gasteiger partial charge in [0.05, 0.1) is 6.04 Å². The van der Waals surface area contributed by atoms with E-state index >= 15 is 0 Å². The van der Waals surface area contributed by atoms with Crippen LogP contribution in [0.1, 0.15) is 27.7 Å². The molecule has 1 unspecified atom stereocenters. The lowest BCUT2D eigenvalue weighted by Crippen LogP contribution is -2.46. The fourth-order valence-electron chi connectivity index (χ4n) is 3.60. The molecule has 0 saturated heterocycles. The van der Waals surface area contributed by atoms with Gasteiger partial charge < -0.3 is 14.0 Å². The molecule has 2 aromatic carbocycles. The molecule has 120 valence electrons. The van der Waals surface area contributed by atoms with Gasteiger partial charge in [-0.05, 0) is 23.8 Å². The van der Waals surface area contributed by atoms with Gasteiger partial charge in [-0.2, -0.15) is 0 Å². The van der Waals surface area contributed by atoms with Crippen LogP contribution < -0.4 is 20.3 Å². The van der Waals surface area contributed by atoms with Gasteiger partial charge in [0.25, 0.3) is 5.91 Å². The molecular formula is C18H15N3O3. The van der Waals surface area contributed by atoms with Crippen molar-refractivity contribution in [2.45, 2.75) is 6.04 Å². The number of hydrazine groups is 1. The number of fused-ring (bicyclic) bond motifs is 4. The predicted molar refractivity (Wildman–Crippen MR) is 87.9 cm³/mol. The number of hydrogen-bond acceptors (Lipinski definition) is 4. The highest BCUT2D eigenvalue weighted by Gasteiger charge is 2.32. The first kappa shape index (κ1) is 13.4. The SMILES string of the molecule is Cn1c2c(c3ccccc31)C(c1ccc3c(c1)OCO3)NNC2=O. The molecule has 0 radical (unpaired) electrons. The third kappa shape index (κ3) is 1.71. The topological polar surface area (TPSA) is 64.5 Å². The Morgan fingerprint density at radius 1 is 1.12 bits per heavy atom. The lowest BCUT2D eigenvalue weighted by atomic mass is 9.94. The van der Waals surface area contributed by atoms with Crippen molar-refractivity contribution >= 4 is 16.8 Å². The zero-order valence-electron chi connectivity index (χ0n) is 13.0. The molecule has 0 aliphatic carbocycles. The van der Waals surface area contributed by atoms with E-state index < -0.39 is 0 Å². The van der Waals surface area contributed by atoms with Crippen molar-refractivity contribution in [3.63, 3.8) is 0 Å². The van der Waals surface area contributed by atoms with Crippen LogP contribution in [0.2, 0.25) is 0 Å². The minimum absolute atomic E-state index is 0.124. The molecule has 2 aliphatic heterocycles. The van der Waals surface area contributed by atoms with Gasteiger partial charge in [-0.15, -0.1) is 0 Å². The van der Waals surface area contributed by atoms with Crippen molar-refractivity contribution < 1.29 is 14.3 Å². The van der Waals surface area contributed by atoms with Crippen LogP contribution in [0.4, 0.5) is 0 Å². The molecule has 1 aromatic heterocycles. The number of hydrogen-bond donors (Lipinski definition) is 2. The van der Waals surface area contributed by atoms with Crippen LogP contribution in [0, 0.1) is 0 Å². The molecule has 0 saturated carbocycles. The van der Waals surface area contributed by atoms with E-state index in [1.165, 1.54) is 0 Å². The molecule has 0 spiro atoms. The van der Waals surface area contributed by atoms with E-state index in [0.717, 1.165) is 33.5 Å². The van der Waals surface area contributed by atoms with E-state index in [1.807, 2.05) is 48.0 Å². The molecule has 6 heteroatoms. The maximum absolute atomic E-state index is 12.4. The van der Waals surface area contributed by atoms with Crippen LogP contribution in [0.5, 0.6) is 11.5 Å². The van der Waals surface area contributed by atoms with E-state index in [-0.39, 0.29) is 18.7 Å². The van der Waals surface area contributed by atoms with Gasteiger partial charge in [-0.3, -0.25) is 10.2 Å². The number of nitrogens with zero attached hydrogens (tertiary/aromatic N) is 1. The lowest BCUT2D eigenvalue weighted by molar-refractivity contribution is 0.0905. The number of carbonyl (C=O) groups is 1. The standard InChI is InChI=1S/C18H15N3O3/c1-21-12-5-3-2-4-11(12)15-16(19-20-18(22)17(15)21)10-6-7-13-14(8-10)24-9-23-13/h2-8,16,19H,9H2,1H3,(H,20,22). The molecule has 3 aromatic rings. The lowest BCUT2D eigenvalue weighted by Gasteiger charge is -2.26. The Labute approximate surface area is 137 Å². The van der Waals surface area contributed by atoms with Gasteiger partial charge >= 0.3 is 0 Å². The number of benzene rings is 2. The van der Waals surface area contributed by atoms with Crippen molar-refractivity contribution in [3.05, 3.63) is 59.3 Å². The minimum atomic E-state index is -0.154. The second-order valence-corrected chi connectivity index (χ2v) is 5.98. The smallest absolute Gasteiger partial charge is 0.282 e. The summed E-state index contributed by atoms with van der Waals surface area (Å²) < 4.78 is 12.8. The van der Waals surface area contributed by atoms with E-state index in [4.69, 9.17) is 9.47 Å². The monoisotopic (exact) mass is 321 g/mol. The molecule has 24 heavy (non-hydrogen) atoms. The number of nitrogens with one attached hydrogen (secondary N) is 2. The Kier molecular flexibility index (Phi) is 2.66. The summed E-state index contributed by atoms with van der Waals surface area (Å²) in [7, 11) is 1.92. The second-order valence-electron chi connectivity index (χ2n) is 5.98. The Balaban J connectivity index is 1.75. The number of aromatic nitrogens is 1. The summed E-state index contributed by atoms with van der Waals surface area (Å²) >= 11 is 0. The first-order valence-corrected chi connectivity index (χ1v) is 7.77. The van der Waals surface area contributed by atoms with Crippen LogP contribution in [0.15, 0.2) is 42.5 Å². The highest BCUT2D eigenvalue weighted by atomic mass is 16.7. The van der Waals surface area contributed by atoms with Crippen LogP contribution in [-0.4, -0.2) is 17.3 Å². The van der Waals surface area contributed by atoms with Gasteiger partial charge in [0.15, 0.2) is 11.5 Å². The quantitative estimate of drug-likeness (QED) is 0.721. The van der Waals surface area contributed by atoms with E-state index in [2.05, 4.69) is 16.9 Å². The Bertz CT molecular complexity index is 993. The van der Waals surface area contributed by atoms with E-state index in [1.54, 1.807) is 0 Å². The summed E-state index contributed by atoms with van der Waals surface area (Å²) in [6.07, 6.45) is 0. The molecule has 0 bridgehead atoms. The summed E-state index contributed by atoms with van der Waals surface area (Å²) in [5.74, 6) is 1.35. The number of carbonyl (C=O) groups excluding carboxylic acids is 1. The normalized spacial score (nSPS) is 18.5. The average Bonchev–Trinajstić information content (AvgIpc) is 3.19. The maximum atomic E-state index is 12.4. The van der Waals surface area contributed by atoms with Crippen LogP contribution in [0.25, 0.3) is 10.9 Å². The van der Waals surface area contributed by atoms with Gasteiger partial charge in [0.1, 0.15) is 5.69 Å². The van der Waals surface area contributed by atoms with Gasteiger partial charge in [-0.1, -0.05) is 24.3 Å². The highest BCUT2D eigenvalue weighted by Crippen LogP contribution is 2.39. The van der Waals surface area contributed by atoms with Gasteiger partial charge in [-0.25, -0.2) is 5.43 Å². The summed E-state index contributed by atoms with van der Waals surface area (Å²) in [5, 5.41) is 1.07. The molecule has 5 rings (SSSR count). The minimum Gasteiger partial charge on any atom is -0.454 e. The number of amides is 1. The van der Waals surface area contributed by atoms with Crippen LogP contribution in [-0.2, 0) is 7.05 Å². The number of ether oxygens (including phenoxy) is 2. The third-order valence-corrected chi connectivity index (χ3v) is 4.71. The van der Waals surface area contributed by atoms with Crippen LogP contribution >= 0.6 is 0 Å². The van der Waals surface area contributed by atoms with Crippen molar-refractivity contribution in [3.8, 4) is 11.5 Å². The van der Waals surface area contributed by atoms with Gasteiger partial charge in [0.2, 0.25) is 6.79 Å². The molecule has 1 atom stereocenters.